The van der Waals surface area contributed by atoms with Gasteiger partial charge in [-0.1, -0.05) is 12.1 Å². The van der Waals surface area contributed by atoms with E-state index in [9.17, 15) is 14.9 Å². The smallest absolute Gasteiger partial charge is 0.274 e. The van der Waals surface area contributed by atoms with Gasteiger partial charge in [0, 0.05) is 12.6 Å². The maximum atomic E-state index is 12.3. The summed E-state index contributed by atoms with van der Waals surface area (Å²) in [6.45, 7) is 2.54. The molecule has 2 aromatic rings. The highest BCUT2D eigenvalue weighted by Gasteiger charge is 2.17. The first-order valence-corrected chi connectivity index (χ1v) is 8.05. The van der Waals surface area contributed by atoms with Crippen LogP contribution in [-0.2, 0) is 11.3 Å². The number of nitro groups is 1. The number of fused-ring (bicyclic) bond motifs is 1. The first-order chi connectivity index (χ1) is 12.4. The fourth-order valence-electron chi connectivity index (χ4n) is 2.80. The second-order valence-electron chi connectivity index (χ2n) is 6.11. The van der Waals surface area contributed by atoms with Crippen molar-refractivity contribution in [3.8, 4) is 11.5 Å². The van der Waals surface area contributed by atoms with Gasteiger partial charge in [0.15, 0.2) is 11.5 Å². The zero-order valence-electron chi connectivity index (χ0n) is 14.5. The average molecular weight is 357 g/mol. The van der Waals surface area contributed by atoms with Crippen LogP contribution in [0.3, 0.4) is 0 Å². The summed E-state index contributed by atoms with van der Waals surface area (Å²) in [5.74, 6) is 1.18. The molecule has 0 spiro atoms. The molecule has 0 fully saturated rings. The second-order valence-corrected chi connectivity index (χ2v) is 6.11. The Balaban J connectivity index is 1.60. The number of nitrogens with zero attached hydrogens (tertiary/aromatic N) is 2. The number of nitrogens with one attached hydrogen (secondary N) is 1. The summed E-state index contributed by atoms with van der Waals surface area (Å²) in [6, 6.07) is 10.3. The lowest BCUT2D eigenvalue weighted by molar-refractivity contribution is -0.385. The molecule has 8 nitrogen and oxygen atoms in total. The Morgan fingerprint density at radius 2 is 2.04 bits per heavy atom. The van der Waals surface area contributed by atoms with E-state index in [4.69, 9.17) is 9.47 Å². The molecular weight excluding hydrogens is 338 g/mol. The largest absolute Gasteiger partial charge is 0.454 e. The van der Waals surface area contributed by atoms with E-state index in [0.717, 1.165) is 11.3 Å². The fourth-order valence-corrected chi connectivity index (χ4v) is 2.80. The minimum absolute atomic E-state index is 0.0171. The van der Waals surface area contributed by atoms with Gasteiger partial charge in [0.25, 0.3) is 5.69 Å². The molecule has 0 saturated heterocycles. The third-order valence-electron chi connectivity index (χ3n) is 4.08. The van der Waals surface area contributed by atoms with Gasteiger partial charge in [0.2, 0.25) is 12.7 Å². The summed E-state index contributed by atoms with van der Waals surface area (Å²) < 4.78 is 10.6. The van der Waals surface area contributed by atoms with Gasteiger partial charge in [0.05, 0.1) is 22.7 Å². The highest BCUT2D eigenvalue weighted by atomic mass is 16.7. The summed E-state index contributed by atoms with van der Waals surface area (Å²) in [5.41, 5.74) is 1.86. The van der Waals surface area contributed by atoms with Gasteiger partial charge < -0.3 is 14.8 Å². The zero-order chi connectivity index (χ0) is 18.7. The van der Waals surface area contributed by atoms with Crippen molar-refractivity contribution in [2.75, 3.05) is 25.7 Å². The van der Waals surface area contributed by atoms with Crippen molar-refractivity contribution < 1.29 is 19.2 Å². The van der Waals surface area contributed by atoms with Crippen molar-refractivity contribution in [2.24, 2.45) is 0 Å². The SMILES string of the molecule is Cc1c(NC(=O)CN(C)Cc2ccc3c(c2)OCO3)cccc1[N+](=O)[O-]. The summed E-state index contributed by atoms with van der Waals surface area (Å²) in [6.07, 6.45) is 0. The third-order valence-corrected chi connectivity index (χ3v) is 4.08. The van der Waals surface area contributed by atoms with Crippen molar-refractivity contribution in [3.05, 3.63) is 57.6 Å². The van der Waals surface area contributed by atoms with Crippen molar-refractivity contribution in [2.45, 2.75) is 13.5 Å². The average Bonchev–Trinajstić information content (AvgIpc) is 3.04. The van der Waals surface area contributed by atoms with Crippen molar-refractivity contribution in [3.63, 3.8) is 0 Å². The normalized spacial score (nSPS) is 12.3. The van der Waals surface area contributed by atoms with Crippen molar-refractivity contribution >= 4 is 17.3 Å². The van der Waals surface area contributed by atoms with E-state index in [0.29, 0.717) is 23.5 Å². The standard InChI is InChI=1S/C18H19N3O5/c1-12-14(4-3-5-15(12)21(23)24)19-18(22)10-20(2)9-13-6-7-16-17(8-13)26-11-25-16/h3-8H,9-11H2,1-2H3,(H,19,22). The van der Waals surface area contributed by atoms with Gasteiger partial charge in [-0.15, -0.1) is 0 Å². The van der Waals surface area contributed by atoms with E-state index in [-0.39, 0.29) is 24.9 Å². The molecule has 1 aliphatic heterocycles. The van der Waals surface area contributed by atoms with Crippen LogP contribution in [0.1, 0.15) is 11.1 Å². The van der Waals surface area contributed by atoms with Gasteiger partial charge in [-0.3, -0.25) is 19.8 Å². The number of hydrogen-bond donors (Lipinski definition) is 1. The molecule has 1 amide bonds. The minimum atomic E-state index is -0.462. The van der Waals surface area contributed by atoms with Crippen LogP contribution in [0.4, 0.5) is 11.4 Å². The topological polar surface area (TPSA) is 93.9 Å². The first-order valence-electron chi connectivity index (χ1n) is 8.05. The molecule has 1 N–H and O–H groups in total. The van der Waals surface area contributed by atoms with Crippen LogP contribution in [0.5, 0.6) is 11.5 Å². The first kappa shape index (κ1) is 17.7. The molecule has 0 aromatic heterocycles. The number of hydrogen-bond acceptors (Lipinski definition) is 6. The molecule has 0 radical (unpaired) electrons. The zero-order valence-corrected chi connectivity index (χ0v) is 14.5. The molecule has 1 heterocycles. The molecular formula is C18H19N3O5. The van der Waals surface area contributed by atoms with E-state index in [1.807, 2.05) is 30.1 Å². The maximum Gasteiger partial charge on any atom is 0.274 e. The third kappa shape index (κ3) is 3.92. The van der Waals surface area contributed by atoms with Gasteiger partial charge in [-0.05, 0) is 37.7 Å². The van der Waals surface area contributed by atoms with Crippen LogP contribution in [-0.4, -0.2) is 36.1 Å². The highest BCUT2D eigenvalue weighted by molar-refractivity contribution is 5.93. The Morgan fingerprint density at radius 3 is 2.81 bits per heavy atom. The maximum absolute atomic E-state index is 12.3. The molecule has 8 heteroatoms. The molecule has 1 aliphatic rings. The van der Waals surface area contributed by atoms with E-state index < -0.39 is 4.92 Å². The Morgan fingerprint density at radius 1 is 1.27 bits per heavy atom. The molecule has 0 saturated carbocycles. The Hall–Kier alpha value is -3.13. The summed E-state index contributed by atoms with van der Waals surface area (Å²) in [4.78, 5) is 24.6. The van der Waals surface area contributed by atoms with Crippen molar-refractivity contribution in [1.82, 2.24) is 4.90 Å². The molecule has 136 valence electrons. The van der Waals surface area contributed by atoms with E-state index in [1.54, 1.807) is 19.1 Å². The lowest BCUT2D eigenvalue weighted by atomic mass is 10.1. The Kier molecular flexibility index (Phi) is 5.04. The van der Waals surface area contributed by atoms with E-state index in [1.165, 1.54) is 6.07 Å². The lowest BCUT2D eigenvalue weighted by Crippen LogP contribution is -2.30. The number of nitro benzene ring substituents is 1. The predicted molar refractivity (Wildman–Crippen MR) is 95.4 cm³/mol. The minimum Gasteiger partial charge on any atom is -0.454 e. The number of anilines is 1. The quantitative estimate of drug-likeness (QED) is 0.631. The van der Waals surface area contributed by atoms with Gasteiger partial charge >= 0.3 is 0 Å². The Labute approximate surface area is 150 Å². The van der Waals surface area contributed by atoms with Crippen LogP contribution in [0.25, 0.3) is 0 Å². The number of rotatable bonds is 6. The fraction of sp³-hybridized carbons (Fsp3) is 0.278. The molecule has 0 atom stereocenters. The molecule has 3 rings (SSSR count). The lowest BCUT2D eigenvalue weighted by Gasteiger charge is -2.17. The number of amides is 1. The number of ether oxygens (including phenoxy) is 2. The second kappa shape index (κ2) is 7.40. The molecule has 26 heavy (non-hydrogen) atoms. The number of likely N-dealkylation sites (N-methyl/N-ethyl adjacent to an activating group) is 1. The van der Waals surface area contributed by atoms with Crippen LogP contribution in [0.15, 0.2) is 36.4 Å². The molecule has 0 unspecified atom stereocenters. The molecule has 0 aliphatic carbocycles. The van der Waals surface area contributed by atoms with Gasteiger partial charge in [-0.25, -0.2) is 0 Å². The van der Waals surface area contributed by atoms with Crippen LogP contribution >= 0.6 is 0 Å². The van der Waals surface area contributed by atoms with E-state index in [2.05, 4.69) is 5.32 Å². The highest BCUT2D eigenvalue weighted by Crippen LogP contribution is 2.32. The summed E-state index contributed by atoms with van der Waals surface area (Å²) >= 11 is 0. The Bertz CT molecular complexity index is 853. The number of carbonyl (C=O) groups is 1. The molecule has 2 aromatic carbocycles. The molecule has 0 bridgehead atoms. The monoisotopic (exact) mass is 357 g/mol. The number of carbonyl (C=O) groups excluding carboxylic acids is 1. The van der Waals surface area contributed by atoms with Crippen LogP contribution in [0.2, 0.25) is 0 Å². The van der Waals surface area contributed by atoms with Crippen LogP contribution < -0.4 is 14.8 Å². The number of benzene rings is 2. The summed E-state index contributed by atoms with van der Waals surface area (Å²) in [7, 11) is 1.82. The summed E-state index contributed by atoms with van der Waals surface area (Å²) in [5, 5.41) is 13.7. The van der Waals surface area contributed by atoms with Crippen molar-refractivity contribution in [1.29, 1.82) is 0 Å². The van der Waals surface area contributed by atoms with E-state index >= 15 is 0 Å². The predicted octanol–water partition coefficient (Wildman–Crippen LogP) is 2.70. The van der Waals surface area contributed by atoms with Gasteiger partial charge in [0.1, 0.15) is 0 Å². The van der Waals surface area contributed by atoms with Gasteiger partial charge in [-0.2, -0.15) is 0 Å². The van der Waals surface area contributed by atoms with Crippen LogP contribution in [0, 0.1) is 17.0 Å².